The standard InChI is InChI=1S/C26H28N4O3/c1-18-8-9-21(16-24(18)30(32)33)26(31)27-17-25(20-10-12-22(13-11-20)28(2)3)29-15-14-19-6-4-5-7-23(19)29/h4-13,16,25H,14-15,17H2,1-3H3,(H,27,31). The summed E-state index contributed by atoms with van der Waals surface area (Å²) in [5, 5.41) is 14.3. The van der Waals surface area contributed by atoms with Crippen molar-refractivity contribution >= 4 is 23.0 Å². The van der Waals surface area contributed by atoms with Gasteiger partial charge in [0.1, 0.15) is 0 Å². The van der Waals surface area contributed by atoms with E-state index in [0.717, 1.165) is 24.2 Å². The lowest BCUT2D eigenvalue weighted by Gasteiger charge is -2.31. The molecule has 0 aliphatic carbocycles. The fraction of sp³-hybridized carbons (Fsp3) is 0.269. The Kier molecular flexibility index (Phi) is 6.31. The molecule has 1 N–H and O–H groups in total. The maximum Gasteiger partial charge on any atom is 0.273 e. The quantitative estimate of drug-likeness (QED) is 0.429. The fourth-order valence-corrected chi connectivity index (χ4v) is 4.33. The SMILES string of the molecule is Cc1ccc(C(=O)NCC(c2ccc(N(C)C)cc2)N2CCc3ccccc32)cc1[N+](=O)[O-]. The molecule has 0 aromatic heterocycles. The van der Waals surface area contributed by atoms with Crippen molar-refractivity contribution in [3.8, 4) is 0 Å². The lowest BCUT2D eigenvalue weighted by Crippen LogP contribution is -2.37. The Hall–Kier alpha value is -3.87. The van der Waals surface area contributed by atoms with E-state index in [4.69, 9.17) is 0 Å². The van der Waals surface area contributed by atoms with E-state index in [1.807, 2.05) is 20.2 Å². The second kappa shape index (κ2) is 9.32. The van der Waals surface area contributed by atoms with Crippen LogP contribution in [0.4, 0.5) is 17.1 Å². The van der Waals surface area contributed by atoms with Crippen LogP contribution in [0.25, 0.3) is 0 Å². The van der Waals surface area contributed by atoms with Crippen LogP contribution in [0.5, 0.6) is 0 Å². The van der Waals surface area contributed by atoms with Crippen molar-refractivity contribution in [3.05, 3.63) is 99.1 Å². The molecule has 33 heavy (non-hydrogen) atoms. The molecule has 0 bridgehead atoms. The highest BCUT2D eigenvalue weighted by molar-refractivity contribution is 5.95. The molecule has 1 atom stereocenters. The van der Waals surface area contributed by atoms with Gasteiger partial charge in [-0.2, -0.15) is 0 Å². The first-order valence-corrected chi connectivity index (χ1v) is 11.0. The average Bonchev–Trinajstić information content (AvgIpc) is 3.23. The minimum Gasteiger partial charge on any atom is -0.378 e. The van der Waals surface area contributed by atoms with E-state index in [1.165, 1.54) is 17.3 Å². The molecular formula is C26H28N4O3. The number of amides is 1. The van der Waals surface area contributed by atoms with E-state index in [2.05, 4.69) is 57.6 Å². The van der Waals surface area contributed by atoms with Gasteiger partial charge in [0.05, 0.1) is 11.0 Å². The number of hydrogen-bond donors (Lipinski definition) is 1. The van der Waals surface area contributed by atoms with Gasteiger partial charge in [0, 0.05) is 55.8 Å². The number of nitro groups is 1. The molecule has 3 aromatic carbocycles. The predicted molar refractivity (Wildman–Crippen MR) is 131 cm³/mol. The van der Waals surface area contributed by atoms with Crippen LogP contribution in [-0.4, -0.2) is 38.0 Å². The van der Waals surface area contributed by atoms with Crippen LogP contribution in [0.3, 0.4) is 0 Å². The molecule has 1 aliphatic rings. The monoisotopic (exact) mass is 444 g/mol. The van der Waals surface area contributed by atoms with Gasteiger partial charge < -0.3 is 15.1 Å². The van der Waals surface area contributed by atoms with Crippen molar-refractivity contribution in [3.63, 3.8) is 0 Å². The number of para-hydroxylation sites is 1. The normalized spacial score (nSPS) is 13.4. The Bertz CT molecular complexity index is 1170. The zero-order valence-electron chi connectivity index (χ0n) is 19.1. The Balaban J connectivity index is 1.60. The summed E-state index contributed by atoms with van der Waals surface area (Å²) in [4.78, 5) is 28.1. The summed E-state index contributed by atoms with van der Waals surface area (Å²) in [6.07, 6.45) is 0.959. The third kappa shape index (κ3) is 4.67. The number of anilines is 2. The van der Waals surface area contributed by atoms with Crippen LogP contribution in [0.2, 0.25) is 0 Å². The lowest BCUT2D eigenvalue weighted by molar-refractivity contribution is -0.385. The second-order valence-electron chi connectivity index (χ2n) is 8.54. The molecule has 1 unspecified atom stereocenters. The number of fused-ring (bicyclic) bond motifs is 1. The van der Waals surface area contributed by atoms with Gasteiger partial charge in [-0.05, 0) is 48.7 Å². The third-order valence-electron chi connectivity index (χ3n) is 6.22. The van der Waals surface area contributed by atoms with E-state index >= 15 is 0 Å². The van der Waals surface area contributed by atoms with Crippen molar-refractivity contribution in [1.82, 2.24) is 5.32 Å². The summed E-state index contributed by atoms with van der Waals surface area (Å²) in [7, 11) is 4.01. The number of nitrogens with one attached hydrogen (secondary N) is 1. The molecule has 0 saturated heterocycles. The lowest BCUT2D eigenvalue weighted by atomic mass is 10.0. The van der Waals surface area contributed by atoms with E-state index in [-0.39, 0.29) is 23.2 Å². The summed E-state index contributed by atoms with van der Waals surface area (Å²) >= 11 is 0. The molecular weight excluding hydrogens is 416 g/mol. The first kappa shape index (κ1) is 22.3. The molecule has 7 heteroatoms. The van der Waals surface area contributed by atoms with Crippen molar-refractivity contribution in [2.75, 3.05) is 37.0 Å². The highest BCUT2D eigenvalue weighted by Crippen LogP contribution is 2.35. The summed E-state index contributed by atoms with van der Waals surface area (Å²) < 4.78 is 0. The number of carbonyl (C=O) groups excluding carboxylic acids is 1. The van der Waals surface area contributed by atoms with Gasteiger partial charge in [0.15, 0.2) is 0 Å². The summed E-state index contributed by atoms with van der Waals surface area (Å²) in [5.41, 5.74) is 5.46. The van der Waals surface area contributed by atoms with Crippen LogP contribution in [0.15, 0.2) is 66.7 Å². The smallest absolute Gasteiger partial charge is 0.273 e. The van der Waals surface area contributed by atoms with Gasteiger partial charge in [0.2, 0.25) is 0 Å². The summed E-state index contributed by atoms with van der Waals surface area (Å²) in [5.74, 6) is -0.319. The van der Waals surface area contributed by atoms with Crippen LogP contribution >= 0.6 is 0 Å². The van der Waals surface area contributed by atoms with Crippen LogP contribution in [-0.2, 0) is 6.42 Å². The summed E-state index contributed by atoms with van der Waals surface area (Å²) in [6, 6.07) is 21.2. The first-order chi connectivity index (χ1) is 15.8. The third-order valence-corrected chi connectivity index (χ3v) is 6.22. The average molecular weight is 445 g/mol. The van der Waals surface area contributed by atoms with Crippen molar-refractivity contribution < 1.29 is 9.72 Å². The molecule has 170 valence electrons. The number of nitro benzene ring substituents is 1. The fourth-order valence-electron chi connectivity index (χ4n) is 4.33. The van der Waals surface area contributed by atoms with Crippen LogP contribution in [0, 0.1) is 17.0 Å². The van der Waals surface area contributed by atoms with E-state index < -0.39 is 4.92 Å². The topological polar surface area (TPSA) is 78.7 Å². The maximum atomic E-state index is 12.9. The van der Waals surface area contributed by atoms with Gasteiger partial charge in [-0.3, -0.25) is 14.9 Å². The number of benzene rings is 3. The summed E-state index contributed by atoms with van der Waals surface area (Å²) in [6.45, 7) is 2.92. The van der Waals surface area contributed by atoms with Gasteiger partial charge in [-0.25, -0.2) is 0 Å². The van der Waals surface area contributed by atoms with Crippen LogP contribution < -0.4 is 15.1 Å². The molecule has 1 amide bonds. The minimum absolute atomic E-state index is 0.0491. The molecule has 0 fully saturated rings. The van der Waals surface area contributed by atoms with Crippen molar-refractivity contribution in [2.24, 2.45) is 0 Å². The number of hydrogen-bond acceptors (Lipinski definition) is 5. The number of rotatable bonds is 7. The van der Waals surface area contributed by atoms with Gasteiger partial charge in [0.25, 0.3) is 11.6 Å². The van der Waals surface area contributed by atoms with Crippen LogP contribution in [0.1, 0.15) is 33.1 Å². The molecule has 7 nitrogen and oxygen atoms in total. The predicted octanol–water partition coefficient (Wildman–Crippen LogP) is 4.50. The zero-order chi connectivity index (χ0) is 23.5. The minimum atomic E-state index is -0.456. The molecule has 3 aromatic rings. The molecule has 1 heterocycles. The Morgan fingerprint density at radius 1 is 1.12 bits per heavy atom. The molecule has 0 spiro atoms. The Labute approximate surface area is 193 Å². The number of nitrogens with zero attached hydrogens (tertiary/aromatic N) is 3. The highest BCUT2D eigenvalue weighted by Gasteiger charge is 2.28. The Morgan fingerprint density at radius 3 is 2.55 bits per heavy atom. The largest absolute Gasteiger partial charge is 0.378 e. The van der Waals surface area contributed by atoms with E-state index in [9.17, 15) is 14.9 Å². The zero-order valence-corrected chi connectivity index (χ0v) is 19.1. The highest BCUT2D eigenvalue weighted by atomic mass is 16.6. The van der Waals surface area contributed by atoms with Crippen molar-refractivity contribution in [2.45, 2.75) is 19.4 Å². The van der Waals surface area contributed by atoms with Gasteiger partial charge in [-0.15, -0.1) is 0 Å². The van der Waals surface area contributed by atoms with Gasteiger partial charge in [-0.1, -0.05) is 36.4 Å². The molecule has 1 aliphatic heterocycles. The maximum absolute atomic E-state index is 12.9. The number of carbonyl (C=O) groups is 1. The Morgan fingerprint density at radius 2 is 1.85 bits per heavy atom. The number of aryl methyl sites for hydroxylation is 1. The molecule has 4 rings (SSSR count). The second-order valence-corrected chi connectivity index (χ2v) is 8.54. The van der Waals surface area contributed by atoms with E-state index in [0.29, 0.717) is 12.1 Å². The van der Waals surface area contributed by atoms with Crippen molar-refractivity contribution in [1.29, 1.82) is 0 Å². The molecule has 0 radical (unpaired) electrons. The molecule has 0 saturated carbocycles. The van der Waals surface area contributed by atoms with E-state index in [1.54, 1.807) is 19.1 Å². The first-order valence-electron chi connectivity index (χ1n) is 11.0. The van der Waals surface area contributed by atoms with Gasteiger partial charge >= 0.3 is 0 Å².